The molecule has 26 heavy (non-hydrogen) atoms. The number of hydrogen-bond donors (Lipinski definition) is 1. The molecule has 0 saturated carbocycles. The molecule has 0 bridgehead atoms. The molecule has 0 aliphatic rings. The SMILES string of the molecule is CCCn1nnnc1COC(=O)C(NS(=O)(=O)c1ccccc1)C(C)C. The van der Waals surface area contributed by atoms with Gasteiger partial charge in [-0.2, -0.15) is 4.72 Å². The fourth-order valence-electron chi connectivity index (χ4n) is 2.23. The molecule has 10 heteroatoms. The summed E-state index contributed by atoms with van der Waals surface area (Å²) in [7, 11) is -3.83. The molecule has 9 nitrogen and oxygen atoms in total. The number of rotatable bonds is 9. The lowest BCUT2D eigenvalue weighted by molar-refractivity contribution is -0.148. The van der Waals surface area contributed by atoms with E-state index in [1.807, 2.05) is 6.92 Å². The minimum atomic E-state index is -3.83. The highest BCUT2D eigenvalue weighted by Crippen LogP contribution is 2.13. The maximum absolute atomic E-state index is 12.5. The summed E-state index contributed by atoms with van der Waals surface area (Å²) < 4.78 is 34.2. The molecule has 0 spiro atoms. The molecule has 0 aliphatic carbocycles. The summed E-state index contributed by atoms with van der Waals surface area (Å²) in [6.07, 6.45) is 0.831. The number of nitrogens with zero attached hydrogens (tertiary/aromatic N) is 4. The normalized spacial score (nSPS) is 12.9. The molecule has 2 rings (SSSR count). The van der Waals surface area contributed by atoms with E-state index in [2.05, 4.69) is 20.2 Å². The Bertz CT molecular complexity index is 820. The third kappa shape index (κ3) is 5.09. The van der Waals surface area contributed by atoms with Crippen LogP contribution in [0.25, 0.3) is 0 Å². The monoisotopic (exact) mass is 381 g/mol. The van der Waals surface area contributed by atoms with E-state index < -0.39 is 22.0 Å². The van der Waals surface area contributed by atoms with Gasteiger partial charge in [0.1, 0.15) is 6.04 Å². The Morgan fingerprint density at radius 1 is 1.27 bits per heavy atom. The van der Waals surface area contributed by atoms with E-state index >= 15 is 0 Å². The molecule has 1 atom stereocenters. The topological polar surface area (TPSA) is 116 Å². The van der Waals surface area contributed by atoms with Crippen LogP contribution in [-0.4, -0.2) is 40.6 Å². The number of sulfonamides is 1. The average Bonchev–Trinajstić information content (AvgIpc) is 3.06. The second-order valence-corrected chi connectivity index (χ2v) is 7.80. The molecule has 0 radical (unpaired) electrons. The van der Waals surface area contributed by atoms with Crippen LogP contribution in [-0.2, 0) is 32.7 Å². The Morgan fingerprint density at radius 2 is 1.96 bits per heavy atom. The van der Waals surface area contributed by atoms with Crippen molar-refractivity contribution in [2.45, 2.75) is 51.3 Å². The Hall–Kier alpha value is -2.33. The van der Waals surface area contributed by atoms with Crippen LogP contribution in [0.15, 0.2) is 35.2 Å². The van der Waals surface area contributed by atoms with Crippen molar-refractivity contribution in [3.05, 3.63) is 36.2 Å². The molecule has 1 aromatic carbocycles. The molecule has 0 saturated heterocycles. The number of hydrogen-bond acceptors (Lipinski definition) is 7. The first-order valence-electron chi connectivity index (χ1n) is 8.34. The maximum atomic E-state index is 12.5. The molecule has 1 N–H and O–H groups in total. The van der Waals surface area contributed by atoms with Gasteiger partial charge in [0.15, 0.2) is 12.4 Å². The van der Waals surface area contributed by atoms with Crippen molar-refractivity contribution in [1.29, 1.82) is 0 Å². The molecule has 0 amide bonds. The predicted molar refractivity (Wildman–Crippen MR) is 93.3 cm³/mol. The molecule has 1 heterocycles. The molecule has 142 valence electrons. The summed E-state index contributed by atoms with van der Waals surface area (Å²) in [5.41, 5.74) is 0. The number of carbonyl (C=O) groups excluding carboxylic acids is 1. The van der Waals surface area contributed by atoms with Gasteiger partial charge >= 0.3 is 5.97 Å². The van der Waals surface area contributed by atoms with Crippen LogP contribution in [0, 0.1) is 5.92 Å². The van der Waals surface area contributed by atoms with Gasteiger partial charge in [-0.1, -0.05) is 39.0 Å². The van der Waals surface area contributed by atoms with Gasteiger partial charge < -0.3 is 4.74 Å². The zero-order valence-electron chi connectivity index (χ0n) is 15.0. The highest BCUT2D eigenvalue weighted by atomic mass is 32.2. The standard InChI is InChI=1S/C16H23N5O4S/c1-4-10-21-14(17-19-20-21)11-25-16(22)15(12(2)3)18-26(23,24)13-8-6-5-7-9-13/h5-9,12,15,18H,4,10-11H2,1-3H3. The van der Waals surface area contributed by atoms with E-state index in [9.17, 15) is 13.2 Å². The molecule has 2 aromatic rings. The fourth-order valence-corrected chi connectivity index (χ4v) is 3.58. The van der Waals surface area contributed by atoms with E-state index in [-0.39, 0.29) is 17.4 Å². The van der Waals surface area contributed by atoms with E-state index in [1.165, 1.54) is 12.1 Å². The van der Waals surface area contributed by atoms with Crippen molar-refractivity contribution in [3.63, 3.8) is 0 Å². The lowest BCUT2D eigenvalue weighted by Gasteiger charge is -2.20. The van der Waals surface area contributed by atoms with Crippen LogP contribution < -0.4 is 4.72 Å². The Labute approximate surface area is 152 Å². The summed E-state index contributed by atoms with van der Waals surface area (Å²) in [6.45, 7) is 5.93. The quantitative estimate of drug-likeness (QED) is 0.647. The van der Waals surface area contributed by atoms with Crippen LogP contribution in [0.3, 0.4) is 0 Å². The van der Waals surface area contributed by atoms with Gasteiger partial charge in [0, 0.05) is 6.54 Å². The fraction of sp³-hybridized carbons (Fsp3) is 0.500. The first-order valence-corrected chi connectivity index (χ1v) is 9.82. The van der Waals surface area contributed by atoms with Crippen molar-refractivity contribution in [2.24, 2.45) is 5.92 Å². The first-order chi connectivity index (χ1) is 12.3. The van der Waals surface area contributed by atoms with Crippen LogP contribution >= 0.6 is 0 Å². The number of carbonyl (C=O) groups is 1. The van der Waals surface area contributed by atoms with E-state index in [0.29, 0.717) is 12.4 Å². The van der Waals surface area contributed by atoms with Crippen LogP contribution in [0.4, 0.5) is 0 Å². The summed E-state index contributed by atoms with van der Waals surface area (Å²) >= 11 is 0. The number of benzene rings is 1. The van der Waals surface area contributed by atoms with Crippen LogP contribution in [0.2, 0.25) is 0 Å². The van der Waals surface area contributed by atoms with Gasteiger partial charge in [-0.15, -0.1) is 5.10 Å². The van der Waals surface area contributed by atoms with Gasteiger partial charge in [0.2, 0.25) is 10.0 Å². The Kier molecular flexibility index (Phi) is 6.81. The average molecular weight is 381 g/mol. The van der Waals surface area contributed by atoms with Crippen LogP contribution in [0.1, 0.15) is 33.0 Å². The van der Waals surface area contributed by atoms with Crippen molar-refractivity contribution >= 4 is 16.0 Å². The molecular formula is C16H23N5O4S. The zero-order chi connectivity index (χ0) is 19.2. The summed E-state index contributed by atoms with van der Waals surface area (Å²) in [4.78, 5) is 12.5. The van der Waals surface area contributed by atoms with Gasteiger partial charge in [-0.05, 0) is 34.9 Å². The largest absolute Gasteiger partial charge is 0.456 e. The smallest absolute Gasteiger partial charge is 0.324 e. The van der Waals surface area contributed by atoms with Gasteiger partial charge in [-0.25, -0.2) is 13.1 Å². The summed E-state index contributed by atoms with van der Waals surface area (Å²) in [5.74, 6) is -0.563. The third-order valence-electron chi connectivity index (χ3n) is 3.64. The molecule has 0 fully saturated rings. The highest BCUT2D eigenvalue weighted by molar-refractivity contribution is 7.89. The predicted octanol–water partition coefficient (Wildman–Crippen LogP) is 1.13. The molecule has 1 aromatic heterocycles. The first kappa shape index (κ1) is 20.0. The molecular weight excluding hydrogens is 358 g/mol. The molecule has 1 unspecified atom stereocenters. The van der Waals surface area contributed by atoms with Gasteiger partial charge in [0.25, 0.3) is 0 Å². The number of ether oxygens (including phenoxy) is 1. The highest BCUT2D eigenvalue weighted by Gasteiger charge is 2.30. The number of nitrogens with one attached hydrogen (secondary N) is 1. The number of esters is 1. The van der Waals surface area contributed by atoms with Crippen molar-refractivity contribution in [2.75, 3.05) is 0 Å². The van der Waals surface area contributed by atoms with Crippen molar-refractivity contribution in [1.82, 2.24) is 24.9 Å². The van der Waals surface area contributed by atoms with Gasteiger partial charge in [0.05, 0.1) is 4.90 Å². The van der Waals surface area contributed by atoms with E-state index in [4.69, 9.17) is 4.74 Å². The van der Waals surface area contributed by atoms with E-state index in [1.54, 1.807) is 36.7 Å². The second-order valence-electron chi connectivity index (χ2n) is 6.08. The van der Waals surface area contributed by atoms with Crippen LogP contribution in [0.5, 0.6) is 0 Å². The lowest BCUT2D eigenvalue weighted by atomic mass is 10.1. The van der Waals surface area contributed by atoms with Crippen molar-refractivity contribution in [3.8, 4) is 0 Å². The zero-order valence-corrected chi connectivity index (χ0v) is 15.8. The van der Waals surface area contributed by atoms with Gasteiger partial charge in [-0.3, -0.25) is 4.79 Å². The lowest BCUT2D eigenvalue weighted by Crippen LogP contribution is -2.45. The summed E-state index contributed by atoms with van der Waals surface area (Å²) in [5, 5.41) is 11.2. The molecule has 0 aliphatic heterocycles. The maximum Gasteiger partial charge on any atom is 0.324 e. The van der Waals surface area contributed by atoms with E-state index in [0.717, 1.165) is 6.42 Å². The number of aryl methyl sites for hydroxylation is 1. The summed E-state index contributed by atoms with van der Waals surface area (Å²) in [6, 6.07) is 6.85. The Balaban J connectivity index is 2.07. The minimum absolute atomic E-state index is 0.0883. The second kappa shape index (κ2) is 8.86. The number of aromatic nitrogens is 4. The third-order valence-corrected chi connectivity index (χ3v) is 5.10. The Morgan fingerprint density at radius 3 is 2.58 bits per heavy atom. The number of tetrazole rings is 1. The van der Waals surface area contributed by atoms with Crippen molar-refractivity contribution < 1.29 is 17.9 Å². The minimum Gasteiger partial charge on any atom is -0.456 e.